The summed E-state index contributed by atoms with van der Waals surface area (Å²) in [4.78, 5) is 18.4. The zero-order valence-electron chi connectivity index (χ0n) is 27.1. The van der Waals surface area contributed by atoms with Crippen molar-refractivity contribution in [3.05, 3.63) is 157 Å². The molecule has 0 unspecified atom stereocenters. The van der Waals surface area contributed by atoms with E-state index in [-0.39, 0.29) is 0 Å². The van der Waals surface area contributed by atoms with Crippen LogP contribution in [0.4, 0.5) is 23.0 Å². The van der Waals surface area contributed by atoms with E-state index >= 15 is 0 Å². The van der Waals surface area contributed by atoms with Crippen molar-refractivity contribution in [1.29, 1.82) is 0 Å². The Morgan fingerprint density at radius 2 is 0.941 bits per heavy atom. The first-order chi connectivity index (χ1) is 25.2. The van der Waals surface area contributed by atoms with Gasteiger partial charge in [-0.1, -0.05) is 72.8 Å². The second-order valence-electron chi connectivity index (χ2n) is 12.8. The van der Waals surface area contributed by atoms with Crippen LogP contribution in [0.25, 0.3) is 65.7 Å². The van der Waals surface area contributed by atoms with Gasteiger partial charge in [0.1, 0.15) is 22.8 Å². The molecular formula is C44H26N6O. The molecule has 238 valence electrons. The normalized spacial score (nSPS) is 14.7. The number of amidine groups is 2. The van der Waals surface area contributed by atoms with Gasteiger partial charge in [-0.15, -0.1) is 0 Å². The summed E-state index contributed by atoms with van der Waals surface area (Å²) in [5, 5.41) is 13.9. The van der Waals surface area contributed by atoms with E-state index in [9.17, 15) is 0 Å². The Morgan fingerprint density at radius 3 is 1.41 bits per heavy atom. The average molecular weight is 655 g/mol. The van der Waals surface area contributed by atoms with E-state index in [2.05, 4.69) is 118 Å². The third-order valence-electron chi connectivity index (χ3n) is 9.94. The van der Waals surface area contributed by atoms with Crippen LogP contribution in [0.5, 0.6) is 0 Å². The number of benzene rings is 6. The molecule has 6 aromatic carbocycles. The molecule has 0 saturated heterocycles. The molecule has 3 aromatic heterocycles. The van der Waals surface area contributed by atoms with Gasteiger partial charge >= 0.3 is 0 Å². The van der Waals surface area contributed by atoms with Crippen molar-refractivity contribution in [2.75, 3.05) is 10.6 Å². The van der Waals surface area contributed by atoms with Crippen molar-refractivity contribution in [2.24, 2.45) is 9.98 Å². The predicted octanol–water partition coefficient (Wildman–Crippen LogP) is 11.0. The summed E-state index contributed by atoms with van der Waals surface area (Å²) in [6.45, 7) is 0. The number of aliphatic imine (C=N–C) groups is 2. The monoisotopic (exact) mass is 654 g/mol. The minimum absolute atomic E-state index is 0.675. The molecule has 0 radical (unpaired) electrons. The van der Waals surface area contributed by atoms with Crippen molar-refractivity contribution in [1.82, 2.24) is 9.97 Å². The predicted molar refractivity (Wildman–Crippen MR) is 208 cm³/mol. The SMILES string of the molecule is c1ccc(/N=C2\Nc3ccc(-c4ccc5c(c4)oc4cc(-c6ccc7c8c(cccc68)/C(=N/c6ccccn6)N7)ccc45)c4cccc2c34)nc1. The van der Waals surface area contributed by atoms with E-state index in [1.54, 1.807) is 12.4 Å². The first-order valence-corrected chi connectivity index (χ1v) is 16.9. The highest BCUT2D eigenvalue weighted by Gasteiger charge is 2.24. The molecule has 0 aliphatic carbocycles. The molecular weight excluding hydrogens is 629 g/mol. The first-order valence-electron chi connectivity index (χ1n) is 16.9. The first kappa shape index (κ1) is 27.8. The number of furan rings is 1. The highest BCUT2D eigenvalue weighted by molar-refractivity contribution is 6.29. The molecule has 5 heterocycles. The standard InChI is InChI=1S/C44H26N6O/c1-3-21-45-39(11-1)49-43-33-9-5-7-31-27(17-19-35(47-43)41(31)33)25-13-15-29-30-16-14-26(24-38(30)51-37(29)23-25)28-18-20-36-42-32(28)8-6-10-34(42)44(48-36)50-40-12-2-4-22-46-40/h1-24H,(H,45,47,49)(H,46,48,50). The van der Waals surface area contributed by atoms with Gasteiger partial charge in [0.25, 0.3) is 0 Å². The van der Waals surface area contributed by atoms with Crippen molar-refractivity contribution >= 4 is 78.2 Å². The Morgan fingerprint density at radius 1 is 0.431 bits per heavy atom. The molecule has 0 atom stereocenters. The van der Waals surface area contributed by atoms with Gasteiger partial charge in [-0.2, -0.15) is 0 Å². The number of nitrogens with zero attached hydrogens (tertiary/aromatic N) is 4. The van der Waals surface area contributed by atoms with Crippen LogP contribution in [0.3, 0.4) is 0 Å². The highest BCUT2D eigenvalue weighted by Crippen LogP contribution is 2.43. The van der Waals surface area contributed by atoms with Gasteiger partial charge < -0.3 is 15.1 Å². The van der Waals surface area contributed by atoms with E-state index in [1.165, 1.54) is 0 Å². The second kappa shape index (κ2) is 10.7. The van der Waals surface area contributed by atoms with Crippen LogP contribution in [-0.4, -0.2) is 21.6 Å². The summed E-state index contributed by atoms with van der Waals surface area (Å²) >= 11 is 0. The number of rotatable bonds is 4. The smallest absolute Gasteiger partial charge is 0.154 e. The summed E-state index contributed by atoms with van der Waals surface area (Å²) in [5.41, 5.74) is 10.5. The molecule has 51 heavy (non-hydrogen) atoms. The number of anilines is 2. The molecule has 7 heteroatoms. The van der Waals surface area contributed by atoms with Crippen molar-refractivity contribution in [3.63, 3.8) is 0 Å². The molecule has 11 rings (SSSR count). The number of nitrogens with one attached hydrogen (secondary N) is 2. The van der Waals surface area contributed by atoms with Gasteiger partial charge in [-0.05, 0) is 93.7 Å². The average Bonchev–Trinajstić information content (AvgIpc) is 3.85. The number of hydrogen-bond donors (Lipinski definition) is 2. The minimum atomic E-state index is 0.675. The van der Waals surface area contributed by atoms with Gasteiger partial charge in [0.05, 0.1) is 0 Å². The molecule has 2 aliphatic rings. The second-order valence-corrected chi connectivity index (χ2v) is 12.8. The number of fused-ring (bicyclic) bond motifs is 3. The van der Waals surface area contributed by atoms with E-state index in [1.807, 2.05) is 36.4 Å². The largest absolute Gasteiger partial charge is 0.456 e. The van der Waals surface area contributed by atoms with Gasteiger partial charge in [0.15, 0.2) is 11.6 Å². The van der Waals surface area contributed by atoms with Crippen molar-refractivity contribution in [2.45, 2.75) is 0 Å². The molecule has 0 spiro atoms. The summed E-state index contributed by atoms with van der Waals surface area (Å²) < 4.78 is 6.61. The lowest BCUT2D eigenvalue weighted by molar-refractivity contribution is 0.669. The lowest BCUT2D eigenvalue weighted by Crippen LogP contribution is -2.06. The van der Waals surface area contributed by atoms with Crippen LogP contribution < -0.4 is 10.6 Å². The quantitative estimate of drug-likeness (QED) is 0.197. The van der Waals surface area contributed by atoms with Gasteiger partial charge in [-0.25, -0.2) is 20.0 Å². The van der Waals surface area contributed by atoms with Crippen LogP contribution in [0, 0.1) is 0 Å². The summed E-state index contributed by atoms with van der Waals surface area (Å²) in [6.07, 6.45) is 3.52. The van der Waals surface area contributed by atoms with E-state index in [0.29, 0.717) is 11.6 Å². The zero-order valence-corrected chi connectivity index (χ0v) is 27.1. The van der Waals surface area contributed by atoms with E-state index < -0.39 is 0 Å². The fraction of sp³-hybridized carbons (Fsp3) is 0. The van der Waals surface area contributed by atoms with Crippen molar-refractivity contribution < 1.29 is 4.42 Å². The Balaban J connectivity index is 0.987. The third-order valence-corrected chi connectivity index (χ3v) is 9.94. The fourth-order valence-electron chi connectivity index (χ4n) is 7.67. The van der Waals surface area contributed by atoms with Crippen LogP contribution >= 0.6 is 0 Å². The summed E-state index contributed by atoms with van der Waals surface area (Å²) in [5.74, 6) is 2.97. The summed E-state index contributed by atoms with van der Waals surface area (Å²) in [6, 6.07) is 46.0. The van der Waals surface area contributed by atoms with Gasteiger partial charge in [-0.3, -0.25) is 0 Å². The van der Waals surface area contributed by atoms with Crippen LogP contribution in [0.15, 0.2) is 160 Å². The minimum Gasteiger partial charge on any atom is -0.456 e. The van der Waals surface area contributed by atoms with Crippen LogP contribution in [0.1, 0.15) is 11.1 Å². The lowest BCUT2D eigenvalue weighted by atomic mass is 9.94. The van der Waals surface area contributed by atoms with Gasteiger partial charge in [0.2, 0.25) is 0 Å². The highest BCUT2D eigenvalue weighted by atomic mass is 16.3. The molecule has 0 fully saturated rings. The molecule has 7 nitrogen and oxygen atoms in total. The molecule has 0 amide bonds. The third kappa shape index (κ3) is 4.31. The van der Waals surface area contributed by atoms with E-state index in [4.69, 9.17) is 14.4 Å². The summed E-state index contributed by atoms with van der Waals surface area (Å²) in [7, 11) is 0. The van der Waals surface area contributed by atoms with E-state index in [0.717, 1.165) is 99.9 Å². The maximum atomic E-state index is 6.61. The number of aromatic nitrogens is 2. The Bertz CT molecular complexity index is 2760. The maximum Gasteiger partial charge on any atom is 0.154 e. The number of pyridine rings is 2. The Hall–Kier alpha value is -7.12. The lowest BCUT2D eigenvalue weighted by Gasteiger charge is -2.08. The Kier molecular flexibility index (Phi) is 5.83. The molecule has 0 bridgehead atoms. The van der Waals surface area contributed by atoms with Crippen molar-refractivity contribution in [3.8, 4) is 22.3 Å². The molecule has 2 N–H and O–H groups in total. The fourth-order valence-corrected chi connectivity index (χ4v) is 7.67. The zero-order chi connectivity index (χ0) is 33.5. The molecule has 2 aliphatic heterocycles. The topological polar surface area (TPSA) is 87.7 Å². The molecule has 0 saturated carbocycles. The van der Waals surface area contributed by atoms with Crippen LogP contribution in [0.2, 0.25) is 0 Å². The number of hydrogen-bond acceptors (Lipinski definition) is 5. The molecule has 9 aromatic rings. The van der Waals surface area contributed by atoms with Gasteiger partial charge in [0, 0.05) is 56.4 Å². The van der Waals surface area contributed by atoms with Crippen LogP contribution in [-0.2, 0) is 0 Å². The maximum absolute atomic E-state index is 6.61. The Labute approximate surface area is 291 Å².